The van der Waals surface area contributed by atoms with Crippen LogP contribution in [0, 0.1) is 0 Å². The molecule has 1 fully saturated rings. The summed E-state index contributed by atoms with van der Waals surface area (Å²) in [6.07, 6.45) is 4.68. The van der Waals surface area contributed by atoms with Gasteiger partial charge in [0.2, 0.25) is 0 Å². The van der Waals surface area contributed by atoms with E-state index in [9.17, 15) is 4.79 Å². The van der Waals surface area contributed by atoms with Crippen LogP contribution in [0.2, 0.25) is 0 Å². The summed E-state index contributed by atoms with van der Waals surface area (Å²) in [5.74, 6) is -0.266. The van der Waals surface area contributed by atoms with E-state index < -0.39 is 5.60 Å². The van der Waals surface area contributed by atoms with Gasteiger partial charge in [-0.2, -0.15) is 0 Å². The number of hydrogen-bond donors (Lipinski definition) is 0. The fourth-order valence-electron chi connectivity index (χ4n) is 1.91. The summed E-state index contributed by atoms with van der Waals surface area (Å²) in [7, 11) is 0. The zero-order valence-corrected chi connectivity index (χ0v) is 10.7. The number of ether oxygens (including phenoxy) is 2. The maximum Gasteiger partial charge on any atom is 0.303 e. The van der Waals surface area contributed by atoms with E-state index in [2.05, 4.69) is 20.4 Å². The van der Waals surface area contributed by atoms with Crippen LogP contribution in [0.3, 0.4) is 0 Å². The third-order valence-electron chi connectivity index (χ3n) is 3.45. The summed E-state index contributed by atoms with van der Waals surface area (Å²) in [6.45, 7) is 11.3. The van der Waals surface area contributed by atoms with E-state index in [4.69, 9.17) is 9.47 Å². The quantitative estimate of drug-likeness (QED) is 0.397. The minimum Gasteiger partial charge on any atom is -0.455 e. The first-order valence-corrected chi connectivity index (χ1v) is 5.86. The lowest BCUT2D eigenvalue weighted by molar-refractivity contribution is -0.151. The number of rotatable bonds is 6. The van der Waals surface area contributed by atoms with Crippen molar-refractivity contribution in [2.24, 2.45) is 0 Å². The molecule has 1 heterocycles. The molecule has 1 saturated heterocycles. The van der Waals surface area contributed by atoms with Gasteiger partial charge in [0, 0.05) is 6.92 Å². The largest absolute Gasteiger partial charge is 0.455 e. The Labute approximate surface area is 97.8 Å². The summed E-state index contributed by atoms with van der Waals surface area (Å²) >= 11 is 0. The Bertz CT molecular complexity index is 287. The van der Waals surface area contributed by atoms with Gasteiger partial charge in [0.1, 0.15) is 5.60 Å². The van der Waals surface area contributed by atoms with Crippen LogP contribution in [0.1, 0.15) is 47.0 Å². The predicted octanol–water partition coefficient (Wildman–Crippen LogP) is 2.84. The highest BCUT2D eigenvalue weighted by Crippen LogP contribution is 2.42. The number of carbonyl (C=O) groups is 1. The lowest BCUT2D eigenvalue weighted by Gasteiger charge is -2.25. The fraction of sp³-hybridized carbons (Fsp3) is 0.769. The van der Waals surface area contributed by atoms with Gasteiger partial charge in [-0.3, -0.25) is 4.79 Å². The van der Waals surface area contributed by atoms with E-state index in [0.717, 1.165) is 19.3 Å². The summed E-state index contributed by atoms with van der Waals surface area (Å²) in [5, 5.41) is 0. The fourth-order valence-corrected chi connectivity index (χ4v) is 1.91. The molecule has 1 aliphatic heterocycles. The van der Waals surface area contributed by atoms with Crippen LogP contribution in [-0.2, 0) is 14.3 Å². The zero-order valence-electron chi connectivity index (χ0n) is 10.7. The Kier molecular flexibility index (Phi) is 3.79. The predicted molar refractivity (Wildman–Crippen MR) is 63.2 cm³/mol. The summed E-state index contributed by atoms with van der Waals surface area (Å²) in [5.41, 5.74) is -0.523. The minimum atomic E-state index is -0.563. The average Bonchev–Trinajstić information content (AvgIpc) is 2.87. The highest BCUT2D eigenvalue weighted by Gasteiger charge is 2.50. The Morgan fingerprint density at radius 3 is 2.69 bits per heavy atom. The van der Waals surface area contributed by atoms with Gasteiger partial charge in [-0.15, -0.1) is 0 Å². The summed E-state index contributed by atoms with van der Waals surface area (Å²) < 4.78 is 10.9. The monoisotopic (exact) mass is 226 g/mol. The Balaban J connectivity index is 2.41. The van der Waals surface area contributed by atoms with Crippen molar-refractivity contribution in [1.82, 2.24) is 0 Å². The topological polar surface area (TPSA) is 38.8 Å². The normalized spacial score (nSPS) is 31.6. The van der Waals surface area contributed by atoms with Crippen molar-refractivity contribution in [3.63, 3.8) is 0 Å². The number of esters is 1. The molecule has 0 spiro atoms. The van der Waals surface area contributed by atoms with Gasteiger partial charge in [-0.25, -0.2) is 0 Å². The van der Waals surface area contributed by atoms with Crippen molar-refractivity contribution in [2.75, 3.05) is 0 Å². The molecule has 0 aliphatic carbocycles. The van der Waals surface area contributed by atoms with Gasteiger partial charge in [-0.05, 0) is 39.2 Å². The lowest BCUT2D eigenvalue weighted by Crippen LogP contribution is -2.29. The van der Waals surface area contributed by atoms with E-state index in [1.165, 1.54) is 6.92 Å². The van der Waals surface area contributed by atoms with E-state index in [1.54, 1.807) is 6.08 Å². The van der Waals surface area contributed by atoms with Crippen LogP contribution in [0.15, 0.2) is 12.7 Å². The standard InChI is InChI=1S/C13H22O3/c1-6-12(4,15-10(3)14)9-8-11-13(5,7-2)16-11/h6,11H,1,7-9H2,2-5H3. The van der Waals surface area contributed by atoms with Gasteiger partial charge < -0.3 is 9.47 Å². The highest BCUT2D eigenvalue weighted by molar-refractivity contribution is 5.66. The summed E-state index contributed by atoms with van der Waals surface area (Å²) in [6, 6.07) is 0. The first-order valence-electron chi connectivity index (χ1n) is 5.86. The molecule has 0 aromatic rings. The van der Waals surface area contributed by atoms with Crippen LogP contribution in [0.25, 0.3) is 0 Å². The Morgan fingerprint density at radius 2 is 2.31 bits per heavy atom. The lowest BCUT2D eigenvalue weighted by atomic mass is 9.94. The van der Waals surface area contributed by atoms with Crippen LogP contribution < -0.4 is 0 Å². The first kappa shape index (κ1) is 13.2. The molecule has 3 heteroatoms. The van der Waals surface area contributed by atoms with Crippen LogP contribution in [-0.4, -0.2) is 23.3 Å². The van der Waals surface area contributed by atoms with Gasteiger partial charge in [0.25, 0.3) is 0 Å². The van der Waals surface area contributed by atoms with Gasteiger partial charge in [0.05, 0.1) is 11.7 Å². The van der Waals surface area contributed by atoms with Crippen LogP contribution in [0.4, 0.5) is 0 Å². The number of hydrogen-bond acceptors (Lipinski definition) is 3. The van der Waals surface area contributed by atoms with Gasteiger partial charge in [0.15, 0.2) is 0 Å². The maximum absolute atomic E-state index is 11.0. The molecule has 1 rings (SSSR count). The molecule has 0 bridgehead atoms. The third kappa shape index (κ3) is 3.08. The van der Waals surface area contributed by atoms with E-state index in [1.807, 2.05) is 6.92 Å². The summed E-state index contributed by atoms with van der Waals surface area (Å²) in [4.78, 5) is 11.0. The second-order valence-electron chi connectivity index (χ2n) is 4.92. The molecular weight excluding hydrogens is 204 g/mol. The van der Waals surface area contributed by atoms with Crippen molar-refractivity contribution in [1.29, 1.82) is 0 Å². The molecule has 0 amide bonds. The highest BCUT2D eigenvalue weighted by atomic mass is 16.6. The molecule has 0 saturated carbocycles. The second kappa shape index (κ2) is 4.58. The van der Waals surface area contributed by atoms with Crippen molar-refractivity contribution < 1.29 is 14.3 Å². The molecule has 0 radical (unpaired) electrons. The smallest absolute Gasteiger partial charge is 0.303 e. The molecular formula is C13H22O3. The molecule has 3 unspecified atom stereocenters. The maximum atomic E-state index is 11.0. The Hall–Kier alpha value is -0.830. The molecule has 16 heavy (non-hydrogen) atoms. The van der Waals surface area contributed by atoms with Gasteiger partial charge >= 0.3 is 5.97 Å². The molecule has 0 N–H and O–H groups in total. The van der Waals surface area contributed by atoms with E-state index in [-0.39, 0.29) is 11.6 Å². The van der Waals surface area contributed by atoms with E-state index in [0.29, 0.717) is 6.10 Å². The molecule has 92 valence electrons. The molecule has 0 aromatic heterocycles. The third-order valence-corrected chi connectivity index (χ3v) is 3.45. The molecule has 1 aliphatic rings. The Morgan fingerprint density at radius 1 is 1.69 bits per heavy atom. The molecule has 0 aromatic carbocycles. The second-order valence-corrected chi connectivity index (χ2v) is 4.92. The number of epoxide rings is 1. The van der Waals surface area contributed by atoms with Crippen molar-refractivity contribution in [3.8, 4) is 0 Å². The van der Waals surface area contributed by atoms with E-state index >= 15 is 0 Å². The first-order chi connectivity index (χ1) is 7.35. The van der Waals surface area contributed by atoms with Crippen molar-refractivity contribution in [2.45, 2.75) is 64.3 Å². The molecule has 3 atom stereocenters. The minimum absolute atomic E-state index is 0.0400. The van der Waals surface area contributed by atoms with Gasteiger partial charge in [-0.1, -0.05) is 13.5 Å². The van der Waals surface area contributed by atoms with Crippen LogP contribution >= 0.6 is 0 Å². The number of carbonyl (C=O) groups excluding carboxylic acids is 1. The zero-order chi connectivity index (χ0) is 12.4. The molecule has 3 nitrogen and oxygen atoms in total. The SMILES string of the molecule is C=CC(C)(CCC1OC1(C)CC)OC(C)=O. The van der Waals surface area contributed by atoms with Crippen molar-refractivity contribution >= 4 is 5.97 Å². The van der Waals surface area contributed by atoms with Crippen LogP contribution in [0.5, 0.6) is 0 Å². The van der Waals surface area contributed by atoms with Crippen molar-refractivity contribution in [3.05, 3.63) is 12.7 Å². The average molecular weight is 226 g/mol.